The molecule has 1 aliphatic carbocycles. The molecule has 0 unspecified atom stereocenters. The summed E-state index contributed by atoms with van der Waals surface area (Å²) in [6.45, 7) is 5.39. The molecule has 4 heterocycles. The van der Waals surface area contributed by atoms with Crippen LogP contribution in [-0.2, 0) is 4.79 Å². The molecule has 3 aliphatic rings. The Labute approximate surface area is 152 Å². The fourth-order valence-electron chi connectivity index (χ4n) is 4.89. The van der Waals surface area contributed by atoms with Crippen LogP contribution in [-0.4, -0.2) is 52.1 Å². The van der Waals surface area contributed by atoms with E-state index in [0.29, 0.717) is 11.6 Å². The average molecular weight is 355 g/mol. The minimum atomic E-state index is -0.246. The number of fused-ring (bicyclic) bond motifs is 1. The lowest BCUT2D eigenvalue weighted by Crippen LogP contribution is -2.51. The molecule has 1 amide bonds. The molecular formula is C19H25N5O2. The van der Waals surface area contributed by atoms with Crippen molar-refractivity contribution in [3.63, 3.8) is 0 Å². The monoisotopic (exact) mass is 355 g/mol. The molecule has 0 radical (unpaired) electrons. The van der Waals surface area contributed by atoms with Crippen molar-refractivity contribution in [2.24, 2.45) is 11.3 Å². The normalized spacial score (nSPS) is 26.9. The second-order valence-corrected chi connectivity index (χ2v) is 8.25. The van der Waals surface area contributed by atoms with Crippen LogP contribution in [0.4, 0.5) is 5.82 Å². The van der Waals surface area contributed by atoms with E-state index >= 15 is 0 Å². The first-order valence-electron chi connectivity index (χ1n) is 9.78. The molecule has 1 atom stereocenters. The van der Waals surface area contributed by atoms with E-state index in [2.05, 4.69) is 24.9 Å². The Morgan fingerprint density at radius 2 is 2.12 bits per heavy atom. The fourth-order valence-corrected chi connectivity index (χ4v) is 4.89. The Balaban J connectivity index is 1.40. The number of likely N-dealkylation sites (tertiary alicyclic amines) is 1. The molecule has 7 heteroatoms. The maximum absolute atomic E-state index is 13.3. The minimum absolute atomic E-state index is 0.246. The predicted octanol–water partition coefficient (Wildman–Crippen LogP) is 2.55. The van der Waals surface area contributed by atoms with E-state index < -0.39 is 0 Å². The number of aryl methyl sites for hydroxylation is 1. The standard InChI is InChI=1S/C19H25N5O2/c1-13-15-16(20-12-21-17(15)26-22-13)24-9-7-19(11-24)6-3-8-23(18(19)25)10-14-4-2-5-14/h12,14H,2-11H2,1H3/t19-/m1/s1. The number of aromatic nitrogens is 3. The van der Waals surface area contributed by atoms with E-state index in [-0.39, 0.29) is 5.41 Å². The van der Waals surface area contributed by atoms with Gasteiger partial charge in [-0.1, -0.05) is 11.6 Å². The van der Waals surface area contributed by atoms with Gasteiger partial charge < -0.3 is 14.3 Å². The number of carbonyl (C=O) groups is 1. The van der Waals surface area contributed by atoms with Crippen LogP contribution in [0.25, 0.3) is 11.1 Å². The number of hydrogen-bond acceptors (Lipinski definition) is 6. The predicted molar refractivity (Wildman–Crippen MR) is 96.8 cm³/mol. The van der Waals surface area contributed by atoms with Gasteiger partial charge in [0.2, 0.25) is 5.91 Å². The largest absolute Gasteiger partial charge is 0.355 e. The van der Waals surface area contributed by atoms with E-state index in [9.17, 15) is 4.79 Å². The summed E-state index contributed by atoms with van der Waals surface area (Å²) in [7, 11) is 0. The quantitative estimate of drug-likeness (QED) is 0.842. The van der Waals surface area contributed by atoms with Gasteiger partial charge in [0.1, 0.15) is 17.5 Å². The van der Waals surface area contributed by atoms with Crippen molar-refractivity contribution in [3.8, 4) is 0 Å². The van der Waals surface area contributed by atoms with E-state index in [1.807, 2.05) is 6.92 Å². The maximum atomic E-state index is 13.3. The molecule has 1 saturated carbocycles. The highest BCUT2D eigenvalue weighted by Crippen LogP contribution is 2.43. The first kappa shape index (κ1) is 16.0. The van der Waals surface area contributed by atoms with Gasteiger partial charge in [-0.15, -0.1) is 0 Å². The van der Waals surface area contributed by atoms with Gasteiger partial charge in [0, 0.05) is 26.2 Å². The zero-order valence-corrected chi connectivity index (χ0v) is 15.3. The smallest absolute Gasteiger partial charge is 0.263 e. The lowest BCUT2D eigenvalue weighted by molar-refractivity contribution is -0.146. The van der Waals surface area contributed by atoms with Gasteiger partial charge in [-0.05, 0) is 44.9 Å². The second kappa shape index (κ2) is 5.93. The molecule has 5 rings (SSSR count). The average Bonchev–Trinajstić information content (AvgIpc) is 3.20. The SMILES string of the molecule is Cc1noc2ncnc(N3CC[C@]4(CCCN(CC5CCC5)C4=O)C3)c12. The highest BCUT2D eigenvalue weighted by molar-refractivity contribution is 5.90. The molecule has 2 aromatic heterocycles. The Morgan fingerprint density at radius 1 is 1.23 bits per heavy atom. The highest BCUT2D eigenvalue weighted by atomic mass is 16.5. The Hall–Kier alpha value is -2.18. The summed E-state index contributed by atoms with van der Waals surface area (Å²) < 4.78 is 5.28. The molecule has 0 aromatic carbocycles. The van der Waals surface area contributed by atoms with E-state index in [4.69, 9.17) is 4.52 Å². The number of rotatable bonds is 3. The molecule has 2 aromatic rings. The van der Waals surface area contributed by atoms with Crippen LogP contribution in [0.3, 0.4) is 0 Å². The fraction of sp³-hybridized carbons (Fsp3) is 0.684. The summed E-state index contributed by atoms with van der Waals surface area (Å²) in [5.74, 6) is 1.95. The van der Waals surface area contributed by atoms with Gasteiger partial charge >= 0.3 is 0 Å². The Kier molecular flexibility index (Phi) is 3.65. The number of carbonyl (C=O) groups excluding carboxylic acids is 1. The first-order chi connectivity index (χ1) is 12.7. The van der Waals surface area contributed by atoms with E-state index in [0.717, 1.165) is 68.3 Å². The van der Waals surface area contributed by atoms with Crippen molar-refractivity contribution in [2.75, 3.05) is 31.1 Å². The summed E-state index contributed by atoms with van der Waals surface area (Å²) in [5, 5.41) is 4.90. The number of hydrogen-bond donors (Lipinski definition) is 0. The van der Waals surface area contributed by atoms with Crippen molar-refractivity contribution in [1.29, 1.82) is 0 Å². The van der Waals surface area contributed by atoms with Crippen LogP contribution in [0, 0.1) is 18.3 Å². The molecule has 2 aliphatic heterocycles. The molecule has 7 nitrogen and oxygen atoms in total. The lowest BCUT2D eigenvalue weighted by atomic mass is 9.77. The van der Waals surface area contributed by atoms with Gasteiger partial charge in [-0.2, -0.15) is 4.98 Å². The third-order valence-electron chi connectivity index (χ3n) is 6.60. The summed E-state index contributed by atoms with van der Waals surface area (Å²) >= 11 is 0. The van der Waals surface area contributed by atoms with Crippen molar-refractivity contribution in [1.82, 2.24) is 20.0 Å². The Morgan fingerprint density at radius 3 is 2.92 bits per heavy atom. The van der Waals surface area contributed by atoms with Gasteiger partial charge in [-0.25, -0.2) is 4.98 Å². The summed E-state index contributed by atoms with van der Waals surface area (Å²) in [6.07, 6.45) is 8.43. The molecule has 138 valence electrons. The van der Waals surface area contributed by atoms with Crippen LogP contribution in [0.2, 0.25) is 0 Å². The molecule has 0 bridgehead atoms. The zero-order chi connectivity index (χ0) is 17.7. The van der Waals surface area contributed by atoms with Crippen molar-refractivity contribution < 1.29 is 9.32 Å². The van der Waals surface area contributed by atoms with E-state index in [1.165, 1.54) is 25.6 Å². The maximum Gasteiger partial charge on any atom is 0.263 e. The molecule has 2 saturated heterocycles. The van der Waals surface area contributed by atoms with Crippen molar-refractivity contribution in [3.05, 3.63) is 12.0 Å². The third kappa shape index (κ3) is 2.40. The van der Waals surface area contributed by atoms with Crippen molar-refractivity contribution in [2.45, 2.75) is 45.4 Å². The molecule has 0 N–H and O–H groups in total. The van der Waals surface area contributed by atoms with Crippen LogP contribution in [0.5, 0.6) is 0 Å². The number of piperidine rings is 1. The molecule has 3 fully saturated rings. The van der Waals surface area contributed by atoms with Gasteiger partial charge in [0.25, 0.3) is 5.71 Å². The zero-order valence-electron chi connectivity index (χ0n) is 15.3. The number of anilines is 1. The summed E-state index contributed by atoms with van der Waals surface area (Å²) in [6, 6.07) is 0. The van der Waals surface area contributed by atoms with Crippen LogP contribution in [0.1, 0.15) is 44.2 Å². The topological polar surface area (TPSA) is 75.4 Å². The number of nitrogens with zero attached hydrogens (tertiary/aromatic N) is 5. The van der Waals surface area contributed by atoms with Gasteiger partial charge in [0.05, 0.1) is 11.1 Å². The minimum Gasteiger partial charge on any atom is -0.355 e. The first-order valence-corrected chi connectivity index (χ1v) is 9.78. The van der Waals surface area contributed by atoms with Crippen molar-refractivity contribution >= 4 is 22.8 Å². The second-order valence-electron chi connectivity index (χ2n) is 8.25. The summed E-state index contributed by atoms with van der Waals surface area (Å²) in [5.41, 5.74) is 1.08. The van der Waals surface area contributed by atoms with Gasteiger partial charge in [0.15, 0.2) is 0 Å². The lowest BCUT2D eigenvalue weighted by Gasteiger charge is -2.42. The highest BCUT2D eigenvalue weighted by Gasteiger charge is 2.49. The molecule has 1 spiro atoms. The molecule has 26 heavy (non-hydrogen) atoms. The van der Waals surface area contributed by atoms with Crippen LogP contribution < -0.4 is 4.90 Å². The summed E-state index contributed by atoms with van der Waals surface area (Å²) in [4.78, 5) is 26.4. The third-order valence-corrected chi connectivity index (χ3v) is 6.60. The van der Waals surface area contributed by atoms with Crippen LogP contribution in [0.15, 0.2) is 10.9 Å². The number of amides is 1. The van der Waals surface area contributed by atoms with E-state index in [1.54, 1.807) is 0 Å². The Bertz CT molecular complexity index is 846. The molecular weight excluding hydrogens is 330 g/mol. The van der Waals surface area contributed by atoms with Gasteiger partial charge in [-0.3, -0.25) is 4.79 Å². The van der Waals surface area contributed by atoms with Crippen LogP contribution >= 0.6 is 0 Å².